The fraction of sp³-hybridized carbons (Fsp3) is 0.611. The Morgan fingerprint density at radius 2 is 2.04 bits per heavy atom. The molecule has 0 radical (unpaired) electrons. The quantitative estimate of drug-likeness (QED) is 0.842. The third-order valence-electron chi connectivity index (χ3n) is 3.40. The first kappa shape index (κ1) is 19.8. The van der Waals surface area contributed by atoms with E-state index in [2.05, 4.69) is 19.2 Å². The Morgan fingerprint density at radius 3 is 2.61 bits per heavy atom. The maximum absolute atomic E-state index is 11.9. The number of rotatable bonds is 6. The van der Waals surface area contributed by atoms with Crippen LogP contribution in [-0.2, 0) is 11.3 Å². The predicted molar refractivity (Wildman–Crippen MR) is 95.9 cm³/mol. The van der Waals surface area contributed by atoms with E-state index in [9.17, 15) is 4.79 Å². The molecule has 5 heteroatoms. The zero-order valence-electron chi connectivity index (χ0n) is 15.1. The molecule has 4 nitrogen and oxygen atoms in total. The zero-order valence-corrected chi connectivity index (χ0v) is 15.8. The largest absolute Gasteiger partial charge is 0.444 e. The minimum Gasteiger partial charge on any atom is -0.444 e. The molecular weight excluding hydrogens is 312 g/mol. The van der Waals surface area contributed by atoms with Crippen molar-refractivity contribution >= 4 is 17.7 Å². The molecule has 1 amide bonds. The average molecular weight is 341 g/mol. The van der Waals surface area contributed by atoms with Gasteiger partial charge in [-0.2, -0.15) is 0 Å². The number of halogens is 1. The molecule has 1 atom stereocenters. The van der Waals surface area contributed by atoms with Crippen LogP contribution in [-0.4, -0.2) is 36.7 Å². The second-order valence-corrected chi connectivity index (χ2v) is 7.60. The highest BCUT2D eigenvalue weighted by atomic mass is 35.5. The summed E-state index contributed by atoms with van der Waals surface area (Å²) < 4.78 is 5.36. The Hall–Kier alpha value is -1.26. The lowest BCUT2D eigenvalue weighted by Gasteiger charge is -2.26. The Labute approximate surface area is 145 Å². The van der Waals surface area contributed by atoms with Crippen LogP contribution in [0, 0.1) is 12.8 Å². The van der Waals surface area contributed by atoms with Crippen LogP contribution in [0.5, 0.6) is 0 Å². The summed E-state index contributed by atoms with van der Waals surface area (Å²) in [5.74, 6) is 0.333. The van der Waals surface area contributed by atoms with Crippen molar-refractivity contribution in [2.24, 2.45) is 5.92 Å². The average Bonchev–Trinajstić information content (AvgIpc) is 2.39. The van der Waals surface area contributed by atoms with Gasteiger partial charge in [0.2, 0.25) is 0 Å². The molecule has 0 saturated heterocycles. The summed E-state index contributed by atoms with van der Waals surface area (Å²) in [4.78, 5) is 13.6. The third kappa shape index (κ3) is 7.71. The number of amides is 1. The monoisotopic (exact) mass is 340 g/mol. The number of hydrogen-bond donors (Lipinski definition) is 1. The van der Waals surface area contributed by atoms with Crippen LogP contribution in [0.1, 0.15) is 38.8 Å². The first-order valence-corrected chi connectivity index (χ1v) is 8.36. The first-order valence-electron chi connectivity index (χ1n) is 7.98. The number of aryl methyl sites for hydroxylation is 1. The van der Waals surface area contributed by atoms with Crippen molar-refractivity contribution in [3.63, 3.8) is 0 Å². The summed E-state index contributed by atoms with van der Waals surface area (Å²) in [6.45, 7) is 12.1. The molecule has 0 bridgehead atoms. The Kier molecular flexibility index (Phi) is 7.36. The Morgan fingerprint density at radius 1 is 1.39 bits per heavy atom. The lowest BCUT2D eigenvalue weighted by Crippen LogP contribution is -2.38. The maximum Gasteiger partial charge on any atom is 0.410 e. The van der Waals surface area contributed by atoms with Crippen molar-refractivity contribution in [3.05, 3.63) is 34.3 Å². The molecule has 23 heavy (non-hydrogen) atoms. The van der Waals surface area contributed by atoms with Gasteiger partial charge < -0.3 is 15.0 Å². The molecule has 0 spiro atoms. The van der Waals surface area contributed by atoms with E-state index >= 15 is 0 Å². The third-order valence-corrected chi connectivity index (χ3v) is 3.64. The number of ether oxygens (including phenoxy) is 1. The number of carbonyl (C=O) groups is 1. The number of nitrogens with zero attached hydrogens (tertiary/aromatic N) is 1. The summed E-state index contributed by atoms with van der Waals surface area (Å²) in [5.41, 5.74) is 1.96. The van der Waals surface area contributed by atoms with Gasteiger partial charge in [0.25, 0.3) is 0 Å². The molecular formula is C18H29ClN2O2. The van der Waals surface area contributed by atoms with Gasteiger partial charge in [-0.1, -0.05) is 24.6 Å². The fourth-order valence-electron chi connectivity index (χ4n) is 2.26. The van der Waals surface area contributed by atoms with Crippen molar-refractivity contribution < 1.29 is 9.53 Å². The normalized spacial score (nSPS) is 12.8. The molecule has 0 fully saturated rings. The molecule has 0 aromatic heterocycles. The van der Waals surface area contributed by atoms with Crippen molar-refractivity contribution in [1.82, 2.24) is 10.2 Å². The van der Waals surface area contributed by atoms with Crippen molar-refractivity contribution in [3.8, 4) is 0 Å². The van der Waals surface area contributed by atoms with Crippen molar-refractivity contribution in [1.29, 1.82) is 0 Å². The minimum absolute atomic E-state index is 0.280. The topological polar surface area (TPSA) is 41.6 Å². The van der Waals surface area contributed by atoms with Crippen LogP contribution in [0.4, 0.5) is 4.79 Å². The van der Waals surface area contributed by atoms with E-state index in [0.29, 0.717) is 12.5 Å². The van der Waals surface area contributed by atoms with Gasteiger partial charge >= 0.3 is 6.09 Å². The molecule has 1 rings (SSSR count). The van der Waals surface area contributed by atoms with Crippen molar-refractivity contribution in [2.75, 3.05) is 20.1 Å². The van der Waals surface area contributed by atoms with Gasteiger partial charge in [0.1, 0.15) is 5.60 Å². The van der Waals surface area contributed by atoms with Crippen LogP contribution in [0.25, 0.3) is 0 Å². The molecule has 0 heterocycles. The van der Waals surface area contributed by atoms with E-state index in [1.54, 1.807) is 11.9 Å². The predicted octanol–water partition coefficient (Wildman–Crippen LogP) is 4.24. The molecule has 0 aliphatic rings. The molecule has 0 aliphatic heterocycles. The smallest absolute Gasteiger partial charge is 0.410 e. The Balaban J connectivity index is 2.36. The lowest BCUT2D eigenvalue weighted by molar-refractivity contribution is 0.0277. The summed E-state index contributed by atoms with van der Waals surface area (Å²) in [5, 5.41) is 4.20. The van der Waals surface area contributed by atoms with Crippen LogP contribution >= 0.6 is 11.6 Å². The second-order valence-electron chi connectivity index (χ2n) is 7.17. The minimum atomic E-state index is -0.459. The second kappa shape index (κ2) is 8.55. The summed E-state index contributed by atoms with van der Waals surface area (Å²) in [7, 11) is 1.77. The van der Waals surface area contributed by atoms with Crippen LogP contribution in [0.3, 0.4) is 0 Å². The summed E-state index contributed by atoms with van der Waals surface area (Å²) in [6, 6.07) is 5.92. The van der Waals surface area contributed by atoms with Gasteiger partial charge in [-0.3, -0.25) is 0 Å². The van der Waals surface area contributed by atoms with Crippen LogP contribution < -0.4 is 5.32 Å². The number of nitrogens with one attached hydrogen (secondary N) is 1. The zero-order chi connectivity index (χ0) is 17.6. The number of benzene rings is 1. The lowest BCUT2D eigenvalue weighted by atomic mass is 10.1. The summed E-state index contributed by atoms with van der Waals surface area (Å²) in [6.07, 6.45) is -0.280. The summed E-state index contributed by atoms with van der Waals surface area (Å²) >= 11 is 5.96. The number of hydrogen-bond acceptors (Lipinski definition) is 3. The van der Waals surface area contributed by atoms with E-state index in [0.717, 1.165) is 18.1 Å². The van der Waals surface area contributed by atoms with Crippen molar-refractivity contribution in [2.45, 2.75) is 46.8 Å². The molecule has 0 aliphatic carbocycles. The van der Waals surface area contributed by atoms with Crippen LogP contribution in [0.15, 0.2) is 18.2 Å². The van der Waals surface area contributed by atoms with E-state index in [-0.39, 0.29) is 6.09 Å². The van der Waals surface area contributed by atoms with E-state index in [4.69, 9.17) is 16.3 Å². The van der Waals surface area contributed by atoms with Crippen LogP contribution in [0.2, 0.25) is 5.02 Å². The highest BCUT2D eigenvalue weighted by Crippen LogP contribution is 2.15. The fourth-order valence-corrected chi connectivity index (χ4v) is 2.48. The Bertz CT molecular complexity index is 526. The van der Waals surface area contributed by atoms with Gasteiger partial charge in [0.15, 0.2) is 0 Å². The maximum atomic E-state index is 11.9. The van der Waals surface area contributed by atoms with Gasteiger partial charge in [0, 0.05) is 25.2 Å². The van der Waals surface area contributed by atoms with Gasteiger partial charge in [-0.15, -0.1) is 0 Å². The van der Waals surface area contributed by atoms with Gasteiger partial charge in [0.05, 0.1) is 0 Å². The van der Waals surface area contributed by atoms with Gasteiger partial charge in [-0.05, 0) is 63.4 Å². The highest BCUT2D eigenvalue weighted by molar-refractivity contribution is 6.30. The molecule has 1 unspecified atom stereocenters. The van der Waals surface area contributed by atoms with E-state index in [1.807, 2.05) is 39.0 Å². The molecule has 1 aromatic rings. The number of carbonyl (C=O) groups excluding carboxylic acids is 1. The van der Waals surface area contributed by atoms with E-state index < -0.39 is 5.60 Å². The first-order chi connectivity index (χ1) is 10.6. The standard InChI is InChI=1S/C18H29ClN2O2/c1-13(12-21(6)17(22)23-18(3,4)5)10-20-11-15-7-8-16(19)9-14(15)2/h7-9,13,20H,10-12H2,1-6H3. The molecule has 1 aromatic carbocycles. The molecule has 130 valence electrons. The van der Waals surface area contributed by atoms with Gasteiger partial charge in [-0.25, -0.2) is 4.79 Å². The highest BCUT2D eigenvalue weighted by Gasteiger charge is 2.20. The van der Waals surface area contributed by atoms with E-state index in [1.165, 1.54) is 11.1 Å². The molecule has 1 N–H and O–H groups in total. The molecule has 0 saturated carbocycles. The SMILES string of the molecule is Cc1cc(Cl)ccc1CNCC(C)CN(C)C(=O)OC(C)(C)C.